The molecule has 2 aromatic rings. The lowest BCUT2D eigenvalue weighted by Crippen LogP contribution is -2.19. The Hall–Kier alpha value is -1.33. The fraction of sp³-hybridized carbons (Fsp3) is 0.278. The second kappa shape index (κ2) is 7.49. The summed E-state index contributed by atoms with van der Waals surface area (Å²) < 4.78 is 13.1. The molecule has 0 saturated carbocycles. The van der Waals surface area contributed by atoms with Gasteiger partial charge in [-0.05, 0) is 74.2 Å². The number of aryl methyl sites for hydroxylation is 4. The summed E-state index contributed by atoms with van der Waals surface area (Å²) in [5.74, 6) is 0.890. The maximum absolute atomic E-state index is 12.1. The summed E-state index contributed by atoms with van der Waals surface area (Å²) in [4.78, 5) is 12.1. The Morgan fingerprint density at radius 3 is 1.65 bits per heavy atom. The van der Waals surface area contributed by atoms with Crippen molar-refractivity contribution in [3.63, 3.8) is 0 Å². The summed E-state index contributed by atoms with van der Waals surface area (Å²) in [5.41, 5.74) is 3.75. The predicted octanol–water partition coefficient (Wildman–Crippen LogP) is 5.43. The van der Waals surface area contributed by atoms with Gasteiger partial charge in [0.15, 0.2) is 6.61 Å². The molecule has 0 aliphatic heterocycles. The highest BCUT2D eigenvalue weighted by molar-refractivity contribution is 9.10. The van der Waals surface area contributed by atoms with Crippen LogP contribution in [0.25, 0.3) is 0 Å². The van der Waals surface area contributed by atoms with Crippen molar-refractivity contribution in [2.75, 3.05) is 6.61 Å². The molecule has 0 aliphatic rings. The number of rotatable bonds is 4. The average molecular weight is 442 g/mol. The minimum atomic E-state index is -0.416. The van der Waals surface area contributed by atoms with E-state index < -0.39 is 5.97 Å². The fourth-order valence-electron chi connectivity index (χ4n) is 2.46. The summed E-state index contributed by atoms with van der Waals surface area (Å²) in [7, 11) is 0. The lowest BCUT2D eigenvalue weighted by atomic mass is 10.1. The van der Waals surface area contributed by atoms with Crippen molar-refractivity contribution in [1.82, 2.24) is 0 Å². The molecule has 23 heavy (non-hydrogen) atoms. The molecular weight excluding hydrogens is 424 g/mol. The Kier molecular flexibility index (Phi) is 5.87. The second-order valence-corrected chi connectivity index (χ2v) is 7.33. The summed E-state index contributed by atoms with van der Waals surface area (Å²) in [5, 5.41) is 0. The zero-order valence-electron chi connectivity index (χ0n) is 13.5. The highest BCUT2D eigenvalue weighted by atomic mass is 79.9. The van der Waals surface area contributed by atoms with Gasteiger partial charge < -0.3 is 9.47 Å². The first-order valence-corrected chi connectivity index (χ1v) is 8.73. The van der Waals surface area contributed by atoms with Crippen molar-refractivity contribution >= 4 is 37.8 Å². The smallest absolute Gasteiger partial charge is 0.349 e. The fourth-order valence-corrected chi connectivity index (χ4v) is 3.83. The van der Waals surface area contributed by atoms with Crippen LogP contribution in [0.15, 0.2) is 33.2 Å². The Morgan fingerprint density at radius 1 is 0.826 bits per heavy atom. The molecule has 0 spiro atoms. The zero-order valence-corrected chi connectivity index (χ0v) is 16.7. The van der Waals surface area contributed by atoms with Gasteiger partial charge in [-0.15, -0.1) is 0 Å². The van der Waals surface area contributed by atoms with Crippen LogP contribution in [0.4, 0.5) is 0 Å². The Morgan fingerprint density at radius 2 is 1.22 bits per heavy atom. The third-order valence-corrected chi connectivity index (χ3v) is 4.32. The number of esters is 1. The Bertz CT molecular complexity index is 708. The number of carbonyl (C=O) groups excluding carboxylic acids is 1. The topological polar surface area (TPSA) is 35.5 Å². The molecule has 0 saturated heterocycles. The standard InChI is InChI=1S/C18H18Br2O3/c1-10-5-14(19)6-11(2)17(10)22-9-16(21)23-18-12(3)7-15(20)8-13(18)4/h5-8H,9H2,1-4H3. The van der Waals surface area contributed by atoms with E-state index in [1.807, 2.05) is 52.0 Å². The first-order valence-electron chi connectivity index (χ1n) is 7.15. The molecule has 0 unspecified atom stereocenters. The van der Waals surface area contributed by atoms with Crippen LogP contribution in [0.5, 0.6) is 11.5 Å². The Balaban J connectivity index is 2.07. The van der Waals surface area contributed by atoms with Crippen LogP contribution in [-0.2, 0) is 4.79 Å². The maximum Gasteiger partial charge on any atom is 0.349 e. The van der Waals surface area contributed by atoms with Crippen LogP contribution < -0.4 is 9.47 Å². The summed E-state index contributed by atoms with van der Waals surface area (Å²) >= 11 is 6.87. The number of carbonyl (C=O) groups is 1. The average Bonchev–Trinajstić information content (AvgIpc) is 2.41. The molecule has 0 aromatic heterocycles. The molecule has 0 bridgehead atoms. The molecule has 0 radical (unpaired) electrons. The summed E-state index contributed by atoms with van der Waals surface area (Å²) in [6.45, 7) is 7.58. The quantitative estimate of drug-likeness (QED) is 0.468. The summed E-state index contributed by atoms with van der Waals surface area (Å²) in [6.07, 6.45) is 0. The van der Waals surface area contributed by atoms with Crippen molar-refractivity contribution < 1.29 is 14.3 Å². The monoisotopic (exact) mass is 440 g/mol. The van der Waals surface area contributed by atoms with E-state index in [1.165, 1.54) is 0 Å². The van der Waals surface area contributed by atoms with Crippen LogP contribution in [0.2, 0.25) is 0 Å². The van der Waals surface area contributed by atoms with Crippen LogP contribution in [0, 0.1) is 27.7 Å². The van der Waals surface area contributed by atoms with E-state index >= 15 is 0 Å². The lowest BCUT2D eigenvalue weighted by Gasteiger charge is -2.14. The molecule has 0 N–H and O–H groups in total. The number of hydrogen-bond acceptors (Lipinski definition) is 3. The summed E-state index contributed by atoms with van der Waals surface area (Å²) in [6, 6.07) is 7.74. The van der Waals surface area contributed by atoms with E-state index in [0.717, 1.165) is 36.9 Å². The van der Waals surface area contributed by atoms with Gasteiger partial charge >= 0.3 is 5.97 Å². The van der Waals surface area contributed by atoms with Crippen molar-refractivity contribution in [3.05, 3.63) is 55.5 Å². The van der Waals surface area contributed by atoms with Crippen molar-refractivity contribution in [2.24, 2.45) is 0 Å². The van der Waals surface area contributed by atoms with Crippen molar-refractivity contribution in [1.29, 1.82) is 0 Å². The number of hydrogen-bond donors (Lipinski definition) is 0. The molecular formula is C18H18Br2O3. The minimum absolute atomic E-state index is 0.127. The molecule has 0 heterocycles. The molecule has 0 amide bonds. The SMILES string of the molecule is Cc1cc(Br)cc(C)c1OCC(=O)Oc1c(C)cc(Br)cc1C. The van der Waals surface area contributed by atoms with E-state index in [9.17, 15) is 4.79 Å². The van der Waals surface area contributed by atoms with Gasteiger partial charge in [-0.2, -0.15) is 0 Å². The second-order valence-electron chi connectivity index (χ2n) is 5.50. The van der Waals surface area contributed by atoms with Crippen LogP contribution >= 0.6 is 31.9 Å². The van der Waals surface area contributed by atoms with Gasteiger partial charge in [-0.1, -0.05) is 31.9 Å². The van der Waals surface area contributed by atoms with Gasteiger partial charge in [0.05, 0.1) is 0 Å². The Labute approximate surface area is 153 Å². The van der Waals surface area contributed by atoms with Gasteiger partial charge in [0.1, 0.15) is 11.5 Å². The molecule has 0 aliphatic carbocycles. The molecule has 3 nitrogen and oxygen atoms in total. The normalized spacial score (nSPS) is 10.5. The third-order valence-electron chi connectivity index (χ3n) is 3.40. The van der Waals surface area contributed by atoms with E-state index in [4.69, 9.17) is 9.47 Å². The van der Waals surface area contributed by atoms with Gasteiger partial charge in [0.25, 0.3) is 0 Å². The van der Waals surface area contributed by atoms with Gasteiger partial charge in [-0.25, -0.2) is 4.79 Å². The molecule has 2 rings (SSSR count). The van der Waals surface area contributed by atoms with Crippen molar-refractivity contribution in [3.8, 4) is 11.5 Å². The largest absolute Gasteiger partial charge is 0.481 e. The first kappa shape index (κ1) is 18.0. The maximum atomic E-state index is 12.1. The van der Waals surface area contributed by atoms with Crippen molar-refractivity contribution in [2.45, 2.75) is 27.7 Å². The van der Waals surface area contributed by atoms with E-state index in [2.05, 4.69) is 31.9 Å². The number of halogens is 2. The molecule has 122 valence electrons. The van der Waals surface area contributed by atoms with Gasteiger partial charge in [0, 0.05) is 8.95 Å². The third kappa shape index (κ3) is 4.58. The highest BCUT2D eigenvalue weighted by Crippen LogP contribution is 2.29. The van der Waals surface area contributed by atoms with Gasteiger partial charge in [-0.3, -0.25) is 0 Å². The van der Waals surface area contributed by atoms with Crippen LogP contribution in [0.3, 0.4) is 0 Å². The molecule has 5 heteroatoms. The van der Waals surface area contributed by atoms with E-state index in [-0.39, 0.29) is 6.61 Å². The first-order chi connectivity index (χ1) is 10.8. The minimum Gasteiger partial charge on any atom is -0.481 e. The van der Waals surface area contributed by atoms with Gasteiger partial charge in [0.2, 0.25) is 0 Å². The molecule has 0 fully saturated rings. The van der Waals surface area contributed by atoms with E-state index in [0.29, 0.717) is 5.75 Å². The number of benzene rings is 2. The molecule has 0 atom stereocenters. The molecule has 2 aromatic carbocycles. The lowest BCUT2D eigenvalue weighted by molar-refractivity contribution is -0.136. The zero-order chi connectivity index (χ0) is 17.1. The van der Waals surface area contributed by atoms with E-state index in [1.54, 1.807) is 0 Å². The predicted molar refractivity (Wildman–Crippen MR) is 98.4 cm³/mol. The van der Waals surface area contributed by atoms with Crippen LogP contribution in [0.1, 0.15) is 22.3 Å². The highest BCUT2D eigenvalue weighted by Gasteiger charge is 2.13. The number of ether oxygens (including phenoxy) is 2. The van der Waals surface area contributed by atoms with Crippen LogP contribution in [-0.4, -0.2) is 12.6 Å².